The van der Waals surface area contributed by atoms with Crippen LogP contribution in [0.5, 0.6) is 11.5 Å². The van der Waals surface area contributed by atoms with Crippen LogP contribution in [0.1, 0.15) is 19.4 Å². The quantitative estimate of drug-likeness (QED) is 0.477. The zero-order chi connectivity index (χ0) is 15.1. The van der Waals surface area contributed by atoms with Gasteiger partial charge in [-0.3, -0.25) is 9.79 Å². The molecule has 4 nitrogen and oxygen atoms in total. The first-order valence-corrected chi connectivity index (χ1v) is 6.73. The van der Waals surface area contributed by atoms with Crippen molar-refractivity contribution in [1.82, 2.24) is 0 Å². The van der Waals surface area contributed by atoms with Crippen LogP contribution in [-0.4, -0.2) is 18.8 Å². The van der Waals surface area contributed by atoms with Crippen molar-refractivity contribution >= 4 is 17.9 Å². The normalized spacial score (nSPS) is 10.6. The van der Waals surface area contributed by atoms with Gasteiger partial charge in [-0.1, -0.05) is 0 Å². The van der Waals surface area contributed by atoms with Crippen molar-refractivity contribution in [3.05, 3.63) is 54.1 Å². The summed E-state index contributed by atoms with van der Waals surface area (Å²) in [6.07, 6.45) is 1.76. The lowest BCUT2D eigenvalue weighted by Crippen LogP contribution is -2.00. The standard InChI is InChI=1S/C17H17NO3/c1-3-20-16-10-6-15(7-11-16)18-12-14-4-8-17(9-5-14)21-13(2)19/h4-12H,3H2,1-2H3. The maximum absolute atomic E-state index is 10.8. The summed E-state index contributed by atoms with van der Waals surface area (Å²) < 4.78 is 10.3. The number of rotatable bonds is 5. The first-order chi connectivity index (χ1) is 10.2. The van der Waals surface area contributed by atoms with Gasteiger partial charge in [0.15, 0.2) is 0 Å². The number of hydrogen-bond donors (Lipinski definition) is 0. The number of benzene rings is 2. The van der Waals surface area contributed by atoms with Crippen LogP contribution in [0.15, 0.2) is 53.5 Å². The highest BCUT2D eigenvalue weighted by molar-refractivity contribution is 5.82. The number of esters is 1. The molecule has 0 saturated carbocycles. The van der Waals surface area contributed by atoms with Gasteiger partial charge < -0.3 is 9.47 Å². The monoisotopic (exact) mass is 283 g/mol. The number of aliphatic imine (C=N–C) groups is 1. The molecule has 0 bridgehead atoms. The van der Waals surface area contributed by atoms with E-state index in [1.54, 1.807) is 18.3 Å². The molecule has 0 spiro atoms. The summed E-state index contributed by atoms with van der Waals surface area (Å²) in [5, 5.41) is 0. The number of nitrogens with zero attached hydrogens (tertiary/aromatic N) is 1. The van der Waals surface area contributed by atoms with Gasteiger partial charge in [0.05, 0.1) is 12.3 Å². The van der Waals surface area contributed by atoms with Gasteiger partial charge in [0, 0.05) is 13.1 Å². The van der Waals surface area contributed by atoms with Crippen molar-refractivity contribution in [2.75, 3.05) is 6.61 Å². The second kappa shape index (κ2) is 7.24. The SMILES string of the molecule is CCOc1ccc(N=Cc2ccc(OC(C)=O)cc2)cc1. The highest BCUT2D eigenvalue weighted by Gasteiger charge is 1.97. The van der Waals surface area contributed by atoms with Crippen molar-refractivity contribution in [1.29, 1.82) is 0 Å². The van der Waals surface area contributed by atoms with Crippen molar-refractivity contribution in [3.8, 4) is 11.5 Å². The molecule has 108 valence electrons. The highest BCUT2D eigenvalue weighted by atomic mass is 16.5. The molecule has 0 unspecified atom stereocenters. The number of carbonyl (C=O) groups excluding carboxylic acids is 1. The maximum atomic E-state index is 10.8. The molecule has 0 saturated heterocycles. The van der Waals surface area contributed by atoms with E-state index in [-0.39, 0.29) is 5.97 Å². The van der Waals surface area contributed by atoms with Crippen LogP contribution in [0.2, 0.25) is 0 Å². The number of ether oxygens (including phenoxy) is 2. The largest absolute Gasteiger partial charge is 0.494 e. The molecule has 0 fully saturated rings. The van der Waals surface area contributed by atoms with E-state index in [0.717, 1.165) is 17.0 Å². The van der Waals surface area contributed by atoms with Crippen LogP contribution in [0, 0.1) is 0 Å². The van der Waals surface area contributed by atoms with E-state index in [0.29, 0.717) is 12.4 Å². The summed E-state index contributed by atoms with van der Waals surface area (Å²) in [5.74, 6) is 1.04. The third kappa shape index (κ3) is 4.76. The molecule has 4 heteroatoms. The van der Waals surface area contributed by atoms with Crippen molar-refractivity contribution in [3.63, 3.8) is 0 Å². The van der Waals surface area contributed by atoms with Gasteiger partial charge in [-0.2, -0.15) is 0 Å². The van der Waals surface area contributed by atoms with Gasteiger partial charge in [-0.05, 0) is 61.0 Å². The Hall–Kier alpha value is -2.62. The van der Waals surface area contributed by atoms with Gasteiger partial charge in [0.1, 0.15) is 11.5 Å². The molecule has 0 heterocycles. The average Bonchev–Trinajstić information content (AvgIpc) is 2.48. The summed E-state index contributed by atoms with van der Waals surface area (Å²) in [5.41, 5.74) is 1.78. The van der Waals surface area contributed by atoms with Crippen molar-refractivity contribution < 1.29 is 14.3 Å². The third-order valence-electron chi connectivity index (χ3n) is 2.65. The number of carbonyl (C=O) groups is 1. The van der Waals surface area contributed by atoms with Crippen LogP contribution < -0.4 is 9.47 Å². The Bertz CT molecular complexity index is 615. The second-order valence-corrected chi connectivity index (χ2v) is 4.35. The third-order valence-corrected chi connectivity index (χ3v) is 2.65. The molecule has 0 atom stereocenters. The Labute approximate surface area is 124 Å². The van der Waals surface area contributed by atoms with Gasteiger partial charge in [-0.25, -0.2) is 0 Å². The molecular formula is C17H17NO3. The van der Waals surface area contributed by atoms with Crippen molar-refractivity contribution in [2.24, 2.45) is 4.99 Å². The Morgan fingerprint density at radius 1 is 1.05 bits per heavy atom. The summed E-state index contributed by atoms with van der Waals surface area (Å²) in [4.78, 5) is 15.2. The minimum absolute atomic E-state index is 0.328. The average molecular weight is 283 g/mol. The summed E-state index contributed by atoms with van der Waals surface area (Å²) in [7, 11) is 0. The second-order valence-electron chi connectivity index (χ2n) is 4.35. The molecule has 0 radical (unpaired) electrons. The molecule has 0 N–H and O–H groups in total. The van der Waals surface area contributed by atoms with E-state index in [1.807, 2.05) is 43.3 Å². The van der Waals surface area contributed by atoms with Crippen LogP contribution in [0.4, 0.5) is 5.69 Å². The zero-order valence-corrected chi connectivity index (χ0v) is 12.1. The summed E-state index contributed by atoms with van der Waals surface area (Å²) >= 11 is 0. The molecule has 0 aromatic heterocycles. The van der Waals surface area contributed by atoms with Gasteiger partial charge >= 0.3 is 5.97 Å². The highest BCUT2D eigenvalue weighted by Crippen LogP contribution is 2.18. The van der Waals surface area contributed by atoms with Crippen LogP contribution >= 0.6 is 0 Å². The minimum atomic E-state index is -0.328. The summed E-state index contributed by atoms with van der Waals surface area (Å²) in [6, 6.07) is 14.7. The van der Waals surface area contributed by atoms with Crippen LogP contribution in [0.3, 0.4) is 0 Å². The first-order valence-electron chi connectivity index (χ1n) is 6.73. The Kier molecular flexibility index (Phi) is 5.10. The van der Waals surface area contributed by atoms with E-state index in [1.165, 1.54) is 6.92 Å². The van der Waals surface area contributed by atoms with E-state index in [4.69, 9.17) is 9.47 Å². The van der Waals surface area contributed by atoms with E-state index < -0.39 is 0 Å². The fourth-order valence-electron chi connectivity index (χ4n) is 1.73. The smallest absolute Gasteiger partial charge is 0.308 e. The molecule has 0 amide bonds. The first kappa shape index (κ1) is 14.8. The zero-order valence-electron chi connectivity index (χ0n) is 12.1. The van der Waals surface area contributed by atoms with Gasteiger partial charge in [-0.15, -0.1) is 0 Å². The molecule has 2 aromatic carbocycles. The maximum Gasteiger partial charge on any atom is 0.308 e. The molecule has 0 aliphatic carbocycles. The number of hydrogen-bond acceptors (Lipinski definition) is 4. The Morgan fingerprint density at radius 3 is 2.24 bits per heavy atom. The molecule has 21 heavy (non-hydrogen) atoms. The molecule has 2 rings (SSSR count). The lowest BCUT2D eigenvalue weighted by molar-refractivity contribution is -0.131. The van der Waals surface area contributed by atoms with E-state index in [9.17, 15) is 4.79 Å². The van der Waals surface area contributed by atoms with Gasteiger partial charge in [0.2, 0.25) is 0 Å². The predicted molar refractivity (Wildman–Crippen MR) is 82.6 cm³/mol. The topological polar surface area (TPSA) is 47.9 Å². The van der Waals surface area contributed by atoms with Gasteiger partial charge in [0.25, 0.3) is 0 Å². The fraction of sp³-hybridized carbons (Fsp3) is 0.176. The Morgan fingerprint density at radius 2 is 1.67 bits per heavy atom. The molecular weight excluding hydrogens is 266 g/mol. The van der Waals surface area contributed by atoms with Crippen LogP contribution in [0.25, 0.3) is 0 Å². The predicted octanol–water partition coefficient (Wildman–Crippen LogP) is 3.76. The fourth-order valence-corrected chi connectivity index (χ4v) is 1.73. The molecule has 0 aliphatic rings. The summed E-state index contributed by atoms with van der Waals surface area (Å²) in [6.45, 7) is 3.98. The Balaban J connectivity index is 2.01. The molecule has 2 aromatic rings. The lowest BCUT2D eigenvalue weighted by Gasteiger charge is -2.02. The minimum Gasteiger partial charge on any atom is -0.494 e. The van der Waals surface area contributed by atoms with E-state index >= 15 is 0 Å². The van der Waals surface area contributed by atoms with E-state index in [2.05, 4.69) is 4.99 Å². The molecule has 0 aliphatic heterocycles. The van der Waals surface area contributed by atoms with Crippen LogP contribution in [-0.2, 0) is 4.79 Å². The lowest BCUT2D eigenvalue weighted by atomic mass is 10.2. The van der Waals surface area contributed by atoms with Crippen molar-refractivity contribution in [2.45, 2.75) is 13.8 Å².